The summed E-state index contributed by atoms with van der Waals surface area (Å²) in [6, 6.07) is 11.3. The molecule has 0 unspecified atom stereocenters. The zero-order chi connectivity index (χ0) is 18.8. The zero-order valence-corrected chi connectivity index (χ0v) is 15.5. The number of hydrogen-bond acceptors (Lipinski definition) is 4. The summed E-state index contributed by atoms with van der Waals surface area (Å²) in [7, 11) is 0. The van der Waals surface area contributed by atoms with Gasteiger partial charge in [0.15, 0.2) is 0 Å². The fourth-order valence-corrected chi connectivity index (χ4v) is 3.36. The molecule has 0 aliphatic carbocycles. The van der Waals surface area contributed by atoms with Crippen molar-refractivity contribution >= 4 is 44.8 Å². The summed E-state index contributed by atoms with van der Waals surface area (Å²) in [6.45, 7) is 2.14. The molecule has 1 aliphatic heterocycles. The van der Waals surface area contributed by atoms with Gasteiger partial charge in [-0.25, -0.2) is 0 Å². The normalized spacial score (nSPS) is 16.6. The van der Waals surface area contributed by atoms with E-state index in [2.05, 4.69) is 21.2 Å². The lowest BCUT2D eigenvalue weighted by atomic mass is 10.1. The number of nitro benzene ring substituents is 1. The van der Waals surface area contributed by atoms with Gasteiger partial charge in [-0.3, -0.25) is 19.7 Å². The SMILES string of the molecule is Cc1cc(Br)ccc1NC(=O)[C@@H]1CC(=O)N(c2ccc([N+](=O)[O-])cc2)C1. The quantitative estimate of drug-likeness (QED) is 0.606. The van der Waals surface area contributed by atoms with Gasteiger partial charge in [-0.05, 0) is 42.8 Å². The lowest BCUT2D eigenvalue weighted by molar-refractivity contribution is -0.384. The maximum Gasteiger partial charge on any atom is 0.269 e. The van der Waals surface area contributed by atoms with Crippen LogP contribution in [-0.4, -0.2) is 23.3 Å². The molecule has 3 rings (SSSR count). The summed E-state index contributed by atoms with van der Waals surface area (Å²) in [5.41, 5.74) is 2.14. The summed E-state index contributed by atoms with van der Waals surface area (Å²) in [5.74, 6) is -0.861. The van der Waals surface area contributed by atoms with Crippen molar-refractivity contribution in [2.75, 3.05) is 16.8 Å². The Kier molecular flexibility index (Phi) is 5.03. The highest BCUT2D eigenvalue weighted by Gasteiger charge is 2.35. The van der Waals surface area contributed by atoms with Crippen molar-refractivity contribution < 1.29 is 14.5 Å². The molecule has 26 heavy (non-hydrogen) atoms. The summed E-state index contributed by atoms with van der Waals surface area (Å²) < 4.78 is 0.924. The lowest BCUT2D eigenvalue weighted by Crippen LogP contribution is -2.28. The summed E-state index contributed by atoms with van der Waals surface area (Å²) in [5, 5.41) is 13.6. The Labute approximate surface area is 158 Å². The molecule has 1 fully saturated rings. The lowest BCUT2D eigenvalue weighted by Gasteiger charge is -2.17. The molecule has 8 heteroatoms. The third-order valence-corrected chi connectivity index (χ3v) is 4.81. The molecule has 2 amide bonds. The first-order chi connectivity index (χ1) is 12.3. The number of nitrogens with one attached hydrogen (secondary N) is 1. The molecule has 1 heterocycles. The van der Waals surface area contributed by atoms with Crippen molar-refractivity contribution in [1.29, 1.82) is 0 Å². The number of aryl methyl sites for hydroxylation is 1. The fourth-order valence-electron chi connectivity index (χ4n) is 2.89. The third-order valence-electron chi connectivity index (χ3n) is 4.31. The van der Waals surface area contributed by atoms with Crippen LogP contribution in [0.3, 0.4) is 0 Å². The Morgan fingerprint density at radius 2 is 1.96 bits per heavy atom. The average molecular weight is 418 g/mol. The topological polar surface area (TPSA) is 92.6 Å². The van der Waals surface area contributed by atoms with Crippen LogP contribution in [0.5, 0.6) is 0 Å². The van der Waals surface area contributed by atoms with Crippen LogP contribution >= 0.6 is 15.9 Å². The van der Waals surface area contributed by atoms with E-state index in [9.17, 15) is 19.7 Å². The molecular weight excluding hydrogens is 402 g/mol. The van der Waals surface area contributed by atoms with Crippen LogP contribution in [0.25, 0.3) is 0 Å². The van der Waals surface area contributed by atoms with E-state index in [0.29, 0.717) is 11.4 Å². The third kappa shape index (κ3) is 3.75. The van der Waals surface area contributed by atoms with Crippen molar-refractivity contribution in [3.05, 3.63) is 62.6 Å². The Morgan fingerprint density at radius 3 is 2.58 bits per heavy atom. The highest BCUT2D eigenvalue weighted by Crippen LogP contribution is 2.28. The summed E-state index contributed by atoms with van der Waals surface area (Å²) in [4.78, 5) is 36.5. The van der Waals surface area contributed by atoms with Crippen LogP contribution in [0.4, 0.5) is 17.1 Å². The Morgan fingerprint density at radius 1 is 1.27 bits per heavy atom. The van der Waals surface area contributed by atoms with E-state index >= 15 is 0 Å². The van der Waals surface area contributed by atoms with E-state index in [0.717, 1.165) is 10.0 Å². The van der Waals surface area contributed by atoms with E-state index < -0.39 is 10.8 Å². The number of anilines is 2. The second-order valence-electron chi connectivity index (χ2n) is 6.13. The summed E-state index contributed by atoms with van der Waals surface area (Å²) in [6.07, 6.45) is 0.110. The molecule has 1 N–H and O–H groups in total. The minimum absolute atomic E-state index is 0.0413. The molecular formula is C18H16BrN3O4. The van der Waals surface area contributed by atoms with Crippen molar-refractivity contribution in [3.63, 3.8) is 0 Å². The van der Waals surface area contributed by atoms with E-state index in [1.165, 1.54) is 29.2 Å². The number of benzene rings is 2. The maximum atomic E-state index is 12.5. The number of hydrogen-bond donors (Lipinski definition) is 1. The number of nitro groups is 1. The van der Waals surface area contributed by atoms with Gasteiger partial charge in [-0.2, -0.15) is 0 Å². The Hall–Kier alpha value is -2.74. The van der Waals surface area contributed by atoms with Crippen LogP contribution in [0, 0.1) is 23.0 Å². The monoisotopic (exact) mass is 417 g/mol. The van der Waals surface area contributed by atoms with E-state index in [1.807, 2.05) is 25.1 Å². The molecule has 0 bridgehead atoms. The number of non-ortho nitro benzene ring substituents is 1. The smallest absolute Gasteiger partial charge is 0.269 e. The highest BCUT2D eigenvalue weighted by atomic mass is 79.9. The van der Waals surface area contributed by atoms with Gasteiger partial charge in [0.2, 0.25) is 11.8 Å². The molecule has 2 aromatic rings. The number of carbonyl (C=O) groups is 2. The van der Waals surface area contributed by atoms with E-state index in [-0.39, 0.29) is 30.5 Å². The second-order valence-corrected chi connectivity index (χ2v) is 7.04. The summed E-state index contributed by atoms with van der Waals surface area (Å²) >= 11 is 3.38. The van der Waals surface area contributed by atoms with Gasteiger partial charge < -0.3 is 10.2 Å². The average Bonchev–Trinajstić information content (AvgIpc) is 2.99. The van der Waals surface area contributed by atoms with Gasteiger partial charge in [-0.1, -0.05) is 15.9 Å². The van der Waals surface area contributed by atoms with Crippen LogP contribution in [-0.2, 0) is 9.59 Å². The molecule has 7 nitrogen and oxygen atoms in total. The minimum atomic E-state index is -0.494. The number of rotatable bonds is 4. The molecule has 0 spiro atoms. The van der Waals surface area contributed by atoms with Crippen LogP contribution in [0.2, 0.25) is 0 Å². The molecule has 1 aliphatic rings. The van der Waals surface area contributed by atoms with Gasteiger partial charge >= 0.3 is 0 Å². The first-order valence-electron chi connectivity index (χ1n) is 7.97. The number of carbonyl (C=O) groups excluding carboxylic acids is 2. The van der Waals surface area contributed by atoms with E-state index in [1.54, 1.807) is 0 Å². The van der Waals surface area contributed by atoms with Crippen molar-refractivity contribution in [2.45, 2.75) is 13.3 Å². The van der Waals surface area contributed by atoms with Gasteiger partial charge in [0.05, 0.1) is 10.8 Å². The first-order valence-corrected chi connectivity index (χ1v) is 8.76. The van der Waals surface area contributed by atoms with Crippen molar-refractivity contribution in [1.82, 2.24) is 0 Å². The minimum Gasteiger partial charge on any atom is -0.326 e. The maximum absolute atomic E-state index is 12.5. The Bertz CT molecular complexity index is 883. The molecule has 0 radical (unpaired) electrons. The van der Waals surface area contributed by atoms with Crippen LogP contribution in [0.1, 0.15) is 12.0 Å². The molecule has 1 saturated heterocycles. The van der Waals surface area contributed by atoms with Gasteiger partial charge in [-0.15, -0.1) is 0 Å². The Balaban J connectivity index is 1.70. The molecule has 1 atom stereocenters. The van der Waals surface area contributed by atoms with Crippen molar-refractivity contribution in [2.24, 2.45) is 5.92 Å². The second kappa shape index (κ2) is 7.25. The zero-order valence-electron chi connectivity index (χ0n) is 13.9. The predicted molar refractivity (Wildman–Crippen MR) is 101 cm³/mol. The largest absolute Gasteiger partial charge is 0.326 e. The van der Waals surface area contributed by atoms with Crippen LogP contribution in [0.15, 0.2) is 46.9 Å². The molecule has 134 valence electrons. The fraction of sp³-hybridized carbons (Fsp3) is 0.222. The number of nitrogens with zero attached hydrogens (tertiary/aromatic N) is 2. The van der Waals surface area contributed by atoms with Crippen LogP contribution < -0.4 is 10.2 Å². The standard InChI is InChI=1S/C18H16BrN3O4/c1-11-8-13(19)2-7-16(11)20-18(24)12-9-17(23)21(10-12)14-3-5-15(6-4-14)22(25)26/h2-8,12H,9-10H2,1H3,(H,20,24)/t12-/m1/s1. The van der Waals surface area contributed by atoms with Gasteiger partial charge in [0.1, 0.15) is 0 Å². The molecule has 0 saturated carbocycles. The van der Waals surface area contributed by atoms with Gasteiger partial charge in [0.25, 0.3) is 5.69 Å². The molecule has 2 aromatic carbocycles. The number of halogens is 1. The highest BCUT2D eigenvalue weighted by molar-refractivity contribution is 9.10. The van der Waals surface area contributed by atoms with Crippen molar-refractivity contribution in [3.8, 4) is 0 Å². The number of amides is 2. The molecule has 0 aromatic heterocycles. The van der Waals surface area contributed by atoms with Gasteiger partial charge in [0, 0.05) is 40.9 Å². The predicted octanol–water partition coefficient (Wildman–Crippen LogP) is 3.66. The van der Waals surface area contributed by atoms with E-state index in [4.69, 9.17) is 0 Å². The first kappa shape index (κ1) is 18.1.